The van der Waals surface area contributed by atoms with E-state index < -0.39 is 0 Å². The van der Waals surface area contributed by atoms with Gasteiger partial charge in [-0.3, -0.25) is 4.79 Å². The smallest absolute Gasteiger partial charge is 0.153 e. The van der Waals surface area contributed by atoms with Gasteiger partial charge < -0.3 is 4.74 Å². The predicted molar refractivity (Wildman–Crippen MR) is 70.4 cm³/mol. The lowest BCUT2D eigenvalue weighted by Crippen LogP contribution is -2.02. The topological polar surface area (TPSA) is 26.3 Å². The number of carbonyl (C=O) groups excluding carboxylic acids is 1. The molecule has 0 aromatic heterocycles. The molecule has 80 valence electrons. The summed E-state index contributed by atoms with van der Waals surface area (Å²) in [6, 6.07) is 4.96. The first-order chi connectivity index (χ1) is 7.17. The fraction of sp³-hybridized carbons (Fsp3) is 0.182. The third-order valence-electron chi connectivity index (χ3n) is 1.72. The van der Waals surface area contributed by atoms with E-state index in [4.69, 9.17) is 16.3 Å². The zero-order valence-electron chi connectivity index (χ0n) is 8.00. The summed E-state index contributed by atoms with van der Waals surface area (Å²) < 4.78 is 6.28. The lowest BCUT2D eigenvalue weighted by atomic mass is 10.2. The molecule has 2 nitrogen and oxygen atoms in total. The normalized spacial score (nSPS) is 9.73. The van der Waals surface area contributed by atoms with E-state index in [1.54, 1.807) is 18.2 Å². The second kappa shape index (κ2) is 6.12. The van der Waals surface area contributed by atoms with Gasteiger partial charge in [-0.2, -0.15) is 0 Å². The van der Waals surface area contributed by atoms with E-state index in [0.29, 0.717) is 22.9 Å². The van der Waals surface area contributed by atoms with Crippen molar-refractivity contribution < 1.29 is 9.53 Å². The van der Waals surface area contributed by atoms with Crippen molar-refractivity contribution in [3.05, 3.63) is 40.9 Å². The fourth-order valence-corrected chi connectivity index (χ4v) is 1.36. The number of alkyl halides is 1. The summed E-state index contributed by atoms with van der Waals surface area (Å²) in [5.41, 5.74) is 1.44. The zero-order chi connectivity index (χ0) is 11.3. The minimum Gasteiger partial charge on any atom is -0.488 e. The number of aldehydes is 1. The molecule has 1 aromatic carbocycles. The van der Waals surface area contributed by atoms with Gasteiger partial charge in [0.15, 0.2) is 6.29 Å². The van der Waals surface area contributed by atoms with Crippen LogP contribution in [0.2, 0.25) is 5.02 Å². The average Bonchev–Trinajstić information content (AvgIpc) is 2.26. The molecule has 0 unspecified atom stereocenters. The van der Waals surface area contributed by atoms with Crippen LogP contribution in [0.25, 0.3) is 0 Å². The van der Waals surface area contributed by atoms with E-state index >= 15 is 0 Å². The maximum atomic E-state index is 10.7. The Balaban J connectivity index is 2.76. The Labute approximate surface area is 107 Å². The number of carbonyl (C=O) groups is 1. The Bertz CT molecular complexity index is 377. The summed E-state index contributed by atoms with van der Waals surface area (Å²) in [6.07, 6.45) is 0.730. The van der Waals surface area contributed by atoms with Crippen LogP contribution in [0, 0.1) is 0 Å². The molecule has 4 heteroatoms. The van der Waals surface area contributed by atoms with Gasteiger partial charge in [0.05, 0.1) is 5.56 Å². The molecule has 0 aliphatic carbocycles. The maximum absolute atomic E-state index is 10.7. The molecule has 0 saturated heterocycles. The standard InChI is InChI=1S/C11H10ClIO2/c1-8(5-13)7-15-11-3-2-10(12)4-9(11)6-14/h2-4,6H,1,5,7H2. The quantitative estimate of drug-likeness (QED) is 0.356. The predicted octanol–water partition coefficient (Wildman–Crippen LogP) is 3.52. The van der Waals surface area contributed by atoms with Crippen LogP contribution in [0.5, 0.6) is 5.75 Å². The van der Waals surface area contributed by atoms with Crippen LogP contribution in [0.4, 0.5) is 0 Å². The van der Waals surface area contributed by atoms with E-state index in [2.05, 4.69) is 29.2 Å². The summed E-state index contributed by atoms with van der Waals surface area (Å²) in [7, 11) is 0. The van der Waals surface area contributed by atoms with Crippen molar-refractivity contribution in [1.82, 2.24) is 0 Å². The highest BCUT2D eigenvalue weighted by Crippen LogP contribution is 2.21. The molecular weight excluding hydrogens is 326 g/mol. The third kappa shape index (κ3) is 3.83. The van der Waals surface area contributed by atoms with Crippen molar-refractivity contribution >= 4 is 40.5 Å². The van der Waals surface area contributed by atoms with Gasteiger partial charge in [-0.1, -0.05) is 40.8 Å². The molecule has 0 atom stereocenters. The molecule has 0 saturated carbocycles. The van der Waals surface area contributed by atoms with E-state index in [0.717, 1.165) is 16.3 Å². The van der Waals surface area contributed by atoms with Crippen molar-refractivity contribution in [2.45, 2.75) is 0 Å². The largest absolute Gasteiger partial charge is 0.488 e. The Morgan fingerprint density at radius 2 is 2.33 bits per heavy atom. The van der Waals surface area contributed by atoms with Crippen molar-refractivity contribution in [1.29, 1.82) is 0 Å². The first-order valence-corrected chi connectivity index (χ1v) is 6.18. The summed E-state index contributed by atoms with van der Waals surface area (Å²) in [5.74, 6) is 0.542. The van der Waals surface area contributed by atoms with Crippen LogP contribution < -0.4 is 4.74 Å². The van der Waals surface area contributed by atoms with Crippen molar-refractivity contribution in [3.8, 4) is 5.75 Å². The molecule has 0 heterocycles. The maximum Gasteiger partial charge on any atom is 0.153 e. The fourth-order valence-electron chi connectivity index (χ4n) is 0.961. The van der Waals surface area contributed by atoms with E-state index in [9.17, 15) is 4.79 Å². The SMILES string of the molecule is C=C(CI)COc1ccc(Cl)cc1C=O. The Kier molecular flexibility index (Phi) is 5.11. The lowest BCUT2D eigenvalue weighted by molar-refractivity contribution is 0.112. The van der Waals surface area contributed by atoms with Gasteiger partial charge in [0.1, 0.15) is 12.4 Å². The number of benzene rings is 1. The molecule has 0 radical (unpaired) electrons. The molecule has 0 aliphatic rings. The highest BCUT2D eigenvalue weighted by Gasteiger charge is 2.04. The van der Waals surface area contributed by atoms with E-state index in [1.165, 1.54) is 0 Å². The minimum absolute atomic E-state index is 0.422. The molecule has 0 aliphatic heterocycles. The first kappa shape index (κ1) is 12.5. The van der Waals surface area contributed by atoms with Crippen LogP contribution >= 0.6 is 34.2 Å². The van der Waals surface area contributed by atoms with Crippen molar-refractivity contribution in [2.75, 3.05) is 11.0 Å². The molecular formula is C11H10ClIO2. The molecule has 0 spiro atoms. The molecule has 0 bridgehead atoms. The summed E-state index contributed by atoms with van der Waals surface area (Å²) >= 11 is 7.96. The van der Waals surface area contributed by atoms with Crippen LogP contribution in [0.1, 0.15) is 10.4 Å². The summed E-state index contributed by atoms with van der Waals surface area (Å²) in [5, 5.41) is 0.525. The summed E-state index contributed by atoms with van der Waals surface area (Å²) in [6.45, 7) is 4.24. The average molecular weight is 337 g/mol. The third-order valence-corrected chi connectivity index (χ3v) is 3.03. The number of hydrogen-bond acceptors (Lipinski definition) is 2. The minimum atomic E-state index is 0.422. The van der Waals surface area contributed by atoms with Crippen LogP contribution in [-0.2, 0) is 0 Å². The van der Waals surface area contributed by atoms with Gasteiger partial charge in [-0.25, -0.2) is 0 Å². The van der Waals surface area contributed by atoms with Gasteiger partial charge in [0.2, 0.25) is 0 Å². The number of ether oxygens (including phenoxy) is 1. The monoisotopic (exact) mass is 336 g/mol. The van der Waals surface area contributed by atoms with Crippen LogP contribution in [0.15, 0.2) is 30.4 Å². The number of halogens is 2. The van der Waals surface area contributed by atoms with E-state index in [1.807, 2.05) is 0 Å². The highest BCUT2D eigenvalue weighted by molar-refractivity contribution is 14.1. The summed E-state index contributed by atoms with van der Waals surface area (Å²) in [4.78, 5) is 10.7. The van der Waals surface area contributed by atoms with Gasteiger partial charge in [-0.15, -0.1) is 0 Å². The Morgan fingerprint density at radius 1 is 1.60 bits per heavy atom. The lowest BCUT2D eigenvalue weighted by Gasteiger charge is -2.08. The second-order valence-electron chi connectivity index (χ2n) is 2.97. The molecule has 0 fully saturated rings. The van der Waals surface area contributed by atoms with Gasteiger partial charge in [0.25, 0.3) is 0 Å². The van der Waals surface area contributed by atoms with Crippen LogP contribution in [0.3, 0.4) is 0 Å². The molecule has 15 heavy (non-hydrogen) atoms. The van der Waals surface area contributed by atoms with Crippen molar-refractivity contribution in [3.63, 3.8) is 0 Å². The van der Waals surface area contributed by atoms with Crippen molar-refractivity contribution in [2.24, 2.45) is 0 Å². The van der Waals surface area contributed by atoms with Gasteiger partial charge in [-0.05, 0) is 23.8 Å². The molecule has 0 N–H and O–H groups in total. The zero-order valence-corrected chi connectivity index (χ0v) is 10.9. The molecule has 1 aromatic rings. The number of hydrogen-bond donors (Lipinski definition) is 0. The Hall–Kier alpha value is -0.550. The van der Waals surface area contributed by atoms with Gasteiger partial charge >= 0.3 is 0 Å². The second-order valence-corrected chi connectivity index (χ2v) is 4.17. The van der Waals surface area contributed by atoms with Crippen LogP contribution in [-0.4, -0.2) is 17.3 Å². The molecule has 1 rings (SSSR count). The Morgan fingerprint density at radius 3 is 2.93 bits per heavy atom. The number of rotatable bonds is 5. The van der Waals surface area contributed by atoms with E-state index in [-0.39, 0.29) is 0 Å². The first-order valence-electron chi connectivity index (χ1n) is 4.27. The highest BCUT2D eigenvalue weighted by atomic mass is 127. The van der Waals surface area contributed by atoms with Gasteiger partial charge in [0, 0.05) is 9.45 Å². The molecule has 0 amide bonds.